The molecule has 0 atom stereocenters. The topological polar surface area (TPSA) is 75.5 Å². The molecule has 0 aliphatic rings. The number of non-ortho nitro benzene ring substituents is 1. The fourth-order valence-electron chi connectivity index (χ4n) is 2.01. The Labute approximate surface area is 118 Å². The first-order valence-electron chi connectivity index (χ1n) is 6.86. The van der Waals surface area contributed by atoms with E-state index in [-0.39, 0.29) is 11.6 Å². The van der Waals surface area contributed by atoms with Crippen LogP contribution in [0.25, 0.3) is 0 Å². The molecule has 0 heterocycles. The molecule has 20 heavy (non-hydrogen) atoms. The van der Waals surface area contributed by atoms with Gasteiger partial charge in [0.05, 0.1) is 10.5 Å². The minimum atomic E-state index is -0.484. The summed E-state index contributed by atoms with van der Waals surface area (Å²) in [5.41, 5.74) is 0.927. The lowest BCUT2D eigenvalue weighted by molar-refractivity contribution is -0.384. The van der Waals surface area contributed by atoms with Crippen molar-refractivity contribution < 1.29 is 9.72 Å². The van der Waals surface area contributed by atoms with Crippen LogP contribution in [0.4, 0.5) is 11.4 Å². The molecule has 0 saturated heterocycles. The summed E-state index contributed by atoms with van der Waals surface area (Å²) >= 11 is 0. The van der Waals surface area contributed by atoms with Gasteiger partial charge in [0.1, 0.15) is 0 Å². The van der Waals surface area contributed by atoms with Gasteiger partial charge >= 0.3 is 0 Å². The van der Waals surface area contributed by atoms with E-state index in [0.717, 1.165) is 6.42 Å². The fourth-order valence-corrected chi connectivity index (χ4v) is 2.01. The molecular weight excluding hydrogens is 258 g/mol. The smallest absolute Gasteiger partial charge is 0.270 e. The lowest BCUT2D eigenvalue weighted by Crippen LogP contribution is -2.32. The highest BCUT2D eigenvalue weighted by molar-refractivity contribution is 6.00. The highest BCUT2D eigenvalue weighted by Crippen LogP contribution is 2.23. The van der Waals surface area contributed by atoms with E-state index in [1.165, 1.54) is 12.1 Å². The number of rotatable bonds is 7. The third-order valence-corrected chi connectivity index (χ3v) is 2.97. The Morgan fingerprint density at radius 3 is 2.55 bits per heavy atom. The van der Waals surface area contributed by atoms with E-state index >= 15 is 0 Å². The molecule has 0 aliphatic carbocycles. The number of nitro benzene ring substituents is 1. The number of nitrogens with one attached hydrogen (secondary N) is 1. The average molecular weight is 279 g/mol. The van der Waals surface area contributed by atoms with Crippen molar-refractivity contribution in [3.63, 3.8) is 0 Å². The lowest BCUT2D eigenvalue weighted by atomic mass is 10.1. The molecule has 1 aromatic rings. The zero-order chi connectivity index (χ0) is 15.1. The normalized spacial score (nSPS) is 10.2. The number of nitrogens with zero attached hydrogens (tertiary/aromatic N) is 2. The van der Waals surface area contributed by atoms with Gasteiger partial charge in [-0.05, 0) is 26.3 Å². The zero-order valence-corrected chi connectivity index (χ0v) is 12.2. The summed E-state index contributed by atoms with van der Waals surface area (Å²) in [6, 6.07) is 4.35. The summed E-state index contributed by atoms with van der Waals surface area (Å²) in [5, 5.41) is 13.9. The van der Waals surface area contributed by atoms with E-state index in [4.69, 9.17) is 0 Å². The van der Waals surface area contributed by atoms with Crippen molar-refractivity contribution in [2.45, 2.75) is 27.2 Å². The third kappa shape index (κ3) is 3.69. The predicted molar refractivity (Wildman–Crippen MR) is 79.1 cm³/mol. The highest BCUT2D eigenvalue weighted by Gasteiger charge is 2.20. The summed E-state index contributed by atoms with van der Waals surface area (Å²) in [6.07, 6.45) is 0.852. The van der Waals surface area contributed by atoms with E-state index in [0.29, 0.717) is 30.9 Å². The zero-order valence-electron chi connectivity index (χ0n) is 12.2. The van der Waals surface area contributed by atoms with Crippen molar-refractivity contribution in [1.82, 2.24) is 4.90 Å². The molecule has 0 fully saturated rings. The van der Waals surface area contributed by atoms with E-state index in [9.17, 15) is 14.9 Å². The number of amides is 1. The molecule has 6 heteroatoms. The Morgan fingerprint density at radius 2 is 2.05 bits per heavy atom. The maximum absolute atomic E-state index is 12.5. The van der Waals surface area contributed by atoms with Crippen LogP contribution in [0.5, 0.6) is 0 Å². The maximum Gasteiger partial charge on any atom is 0.270 e. The molecule has 6 nitrogen and oxygen atoms in total. The van der Waals surface area contributed by atoms with Gasteiger partial charge in [0, 0.05) is 37.5 Å². The number of hydrogen-bond donors (Lipinski definition) is 1. The van der Waals surface area contributed by atoms with Gasteiger partial charge in [-0.15, -0.1) is 0 Å². The van der Waals surface area contributed by atoms with Crippen molar-refractivity contribution in [1.29, 1.82) is 0 Å². The Kier molecular flexibility index (Phi) is 5.96. The molecule has 0 unspecified atom stereocenters. The van der Waals surface area contributed by atoms with Crippen molar-refractivity contribution >= 4 is 17.3 Å². The fraction of sp³-hybridized carbons (Fsp3) is 0.500. The second kappa shape index (κ2) is 7.47. The summed E-state index contributed by atoms with van der Waals surface area (Å²) in [7, 11) is 0. The van der Waals surface area contributed by atoms with E-state index in [1.807, 2.05) is 20.8 Å². The molecule has 0 saturated carbocycles. The average Bonchev–Trinajstić information content (AvgIpc) is 2.44. The van der Waals surface area contributed by atoms with Crippen LogP contribution >= 0.6 is 0 Å². The van der Waals surface area contributed by atoms with Crippen molar-refractivity contribution in [3.8, 4) is 0 Å². The van der Waals surface area contributed by atoms with Crippen LogP contribution in [0, 0.1) is 10.1 Å². The quantitative estimate of drug-likeness (QED) is 0.615. The number of carbonyl (C=O) groups excluding carboxylic acids is 1. The second-order valence-corrected chi connectivity index (χ2v) is 4.40. The van der Waals surface area contributed by atoms with Gasteiger partial charge in [-0.3, -0.25) is 14.9 Å². The van der Waals surface area contributed by atoms with Gasteiger partial charge in [0.15, 0.2) is 0 Å². The second-order valence-electron chi connectivity index (χ2n) is 4.40. The molecule has 0 bridgehead atoms. The van der Waals surface area contributed by atoms with Crippen LogP contribution < -0.4 is 5.32 Å². The Morgan fingerprint density at radius 1 is 1.35 bits per heavy atom. The summed E-state index contributed by atoms with van der Waals surface area (Å²) in [4.78, 5) is 24.6. The van der Waals surface area contributed by atoms with Gasteiger partial charge < -0.3 is 10.2 Å². The first kappa shape index (κ1) is 15.9. The molecule has 0 aliphatic heterocycles. The number of anilines is 1. The molecule has 110 valence electrons. The Bertz CT molecular complexity index is 489. The molecule has 1 rings (SSSR count). The standard InChI is InChI=1S/C14H21N3O3/c1-4-9-16(6-3)14(18)12-10-11(17(19)20)7-8-13(12)15-5-2/h7-8,10,15H,4-6,9H2,1-3H3. The van der Waals surface area contributed by atoms with Crippen LogP contribution in [-0.4, -0.2) is 35.4 Å². The van der Waals surface area contributed by atoms with Gasteiger partial charge in [0.25, 0.3) is 11.6 Å². The van der Waals surface area contributed by atoms with Crippen LogP contribution in [0.2, 0.25) is 0 Å². The maximum atomic E-state index is 12.5. The van der Waals surface area contributed by atoms with E-state index in [2.05, 4.69) is 5.32 Å². The lowest BCUT2D eigenvalue weighted by Gasteiger charge is -2.21. The Balaban J connectivity index is 3.19. The van der Waals surface area contributed by atoms with E-state index in [1.54, 1.807) is 11.0 Å². The molecule has 0 radical (unpaired) electrons. The molecular formula is C14H21N3O3. The molecule has 1 N–H and O–H groups in total. The van der Waals surface area contributed by atoms with Crippen molar-refractivity contribution in [3.05, 3.63) is 33.9 Å². The molecule has 0 spiro atoms. The SMILES string of the molecule is CCCN(CC)C(=O)c1cc([N+](=O)[O-])ccc1NCC. The van der Waals surface area contributed by atoms with Gasteiger partial charge in [-0.25, -0.2) is 0 Å². The number of nitro groups is 1. The Hall–Kier alpha value is -2.11. The number of carbonyl (C=O) groups is 1. The first-order valence-corrected chi connectivity index (χ1v) is 6.86. The van der Waals surface area contributed by atoms with Crippen LogP contribution in [-0.2, 0) is 0 Å². The minimum absolute atomic E-state index is 0.0671. The van der Waals surface area contributed by atoms with Crippen LogP contribution in [0.3, 0.4) is 0 Å². The van der Waals surface area contributed by atoms with Crippen LogP contribution in [0.1, 0.15) is 37.6 Å². The molecule has 1 aromatic carbocycles. The van der Waals surface area contributed by atoms with Crippen molar-refractivity contribution in [2.24, 2.45) is 0 Å². The largest absolute Gasteiger partial charge is 0.385 e. The summed E-state index contributed by atoms with van der Waals surface area (Å²) < 4.78 is 0. The predicted octanol–water partition coefficient (Wildman–Crippen LogP) is 2.90. The molecule has 1 amide bonds. The summed E-state index contributed by atoms with van der Waals surface area (Å²) in [5.74, 6) is -0.172. The van der Waals surface area contributed by atoms with Gasteiger partial charge in [-0.2, -0.15) is 0 Å². The number of benzene rings is 1. The minimum Gasteiger partial charge on any atom is -0.385 e. The van der Waals surface area contributed by atoms with Crippen LogP contribution in [0.15, 0.2) is 18.2 Å². The first-order chi connectivity index (χ1) is 9.54. The monoisotopic (exact) mass is 279 g/mol. The molecule has 0 aromatic heterocycles. The summed E-state index contributed by atoms with van der Waals surface area (Å²) in [6.45, 7) is 7.69. The third-order valence-electron chi connectivity index (χ3n) is 2.97. The highest BCUT2D eigenvalue weighted by atomic mass is 16.6. The van der Waals surface area contributed by atoms with Crippen molar-refractivity contribution in [2.75, 3.05) is 25.0 Å². The van der Waals surface area contributed by atoms with Gasteiger partial charge in [0.2, 0.25) is 0 Å². The van der Waals surface area contributed by atoms with Gasteiger partial charge in [-0.1, -0.05) is 6.92 Å². The number of hydrogen-bond acceptors (Lipinski definition) is 4. The van der Waals surface area contributed by atoms with E-state index < -0.39 is 4.92 Å².